The van der Waals surface area contributed by atoms with E-state index in [1.807, 2.05) is 29.2 Å². The van der Waals surface area contributed by atoms with E-state index >= 15 is 0 Å². The average Bonchev–Trinajstić information content (AvgIpc) is 3.32. The van der Waals surface area contributed by atoms with Crippen LogP contribution in [0.15, 0.2) is 24.3 Å². The van der Waals surface area contributed by atoms with Crippen LogP contribution in [-0.4, -0.2) is 59.8 Å². The Kier molecular flexibility index (Phi) is 3.64. The molecule has 0 N–H and O–H groups in total. The van der Waals surface area contributed by atoms with Gasteiger partial charge in [-0.3, -0.25) is 9.59 Å². The van der Waals surface area contributed by atoms with Gasteiger partial charge in [0.05, 0.1) is 12.0 Å². The van der Waals surface area contributed by atoms with Gasteiger partial charge < -0.3 is 14.5 Å². The molecule has 138 valence electrons. The lowest BCUT2D eigenvalue weighted by Crippen LogP contribution is -2.50. The van der Waals surface area contributed by atoms with Gasteiger partial charge in [-0.05, 0) is 37.4 Å². The van der Waals surface area contributed by atoms with Gasteiger partial charge in [0.15, 0.2) is 5.78 Å². The summed E-state index contributed by atoms with van der Waals surface area (Å²) < 4.78 is 6.41. The second-order valence-corrected chi connectivity index (χ2v) is 8.28. The zero-order valence-electron chi connectivity index (χ0n) is 15.3. The van der Waals surface area contributed by atoms with Crippen LogP contribution in [0.25, 0.3) is 0 Å². The molecule has 5 rings (SSSR count). The molecule has 5 heteroatoms. The molecule has 1 saturated heterocycles. The van der Waals surface area contributed by atoms with E-state index in [0.29, 0.717) is 29.6 Å². The number of likely N-dealkylation sites (N-methyl/N-ethyl adjacent to an activating group) is 1. The molecule has 2 heterocycles. The molecule has 3 fully saturated rings. The number of hydrogen-bond acceptors (Lipinski definition) is 4. The molecule has 0 radical (unpaired) electrons. The van der Waals surface area contributed by atoms with Crippen molar-refractivity contribution >= 4 is 11.7 Å². The summed E-state index contributed by atoms with van der Waals surface area (Å²) >= 11 is 0. The van der Waals surface area contributed by atoms with Crippen molar-refractivity contribution in [2.24, 2.45) is 17.8 Å². The first kappa shape index (κ1) is 16.3. The maximum absolute atomic E-state index is 13.1. The summed E-state index contributed by atoms with van der Waals surface area (Å²) in [6.45, 7) is 6.82. The number of hydrogen-bond donors (Lipinski definition) is 0. The van der Waals surface area contributed by atoms with E-state index in [1.54, 1.807) is 0 Å². The number of carbonyl (C=O) groups is 2. The van der Waals surface area contributed by atoms with Crippen molar-refractivity contribution in [2.45, 2.75) is 31.8 Å². The molecule has 1 spiro atoms. The first-order valence-corrected chi connectivity index (χ1v) is 9.95. The number of rotatable bonds is 2. The van der Waals surface area contributed by atoms with Crippen LogP contribution < -0.4 is 4.74 Å². The minimum absolute atomic E-state index is 0.0648. The van der Waals surface area contributed by atoms with Crippen molar-refractivity contribution in [3.05, 3.63) is 29.8 Å². The van der Waals surface area contributed by atoms with E-state index in [2.05, 4.69) is 11.8 Å². The molecular formula is C21H26N2O3. The van der Waals surface area contributed by atoms with Crippen LogP contribution in [0.4, 0.5) is 0 Å². The highest BCUT2D eigenvalue weighted by molar-refractivity contribution is 6.00. The molecule has 26 heavy (non-hydrogen) atoms. The van der Waals surface area contributed by atoms with E-state index in [-0.39, 0.29) is 17.6 Å². The summed E-state index contributed by atoms with van der Waals surface area (Å²) in [6, 6.07) is 7.54. The molecule has 2 aliphatic carbocycles. The molecule has 0 aromatic heterocycles. The van der Waals surface area contributed by atoms with Crippen LogP contribution in [0, 0.1) is 17.8 Å². The van der Waals surface area contributed by atoms with E-state index < -0.39 is 5.60 Å². The standard InChI is InChI=1S/C21H26N2O3/c1-2-22-9-11-23(12-10-22)20(25)18-15-7-8-21(19(15)18)13-16(24)14-5-3-4-6-17(14)26-21/h3-6,15,18-19H,2,7-13H2,1H3/t15-,18+,19-,21+/m0/s1. The number of piperazine rings is 1. The summed E-state index contributed by atoms with van der Waals surface area (Å²) in [5.74, 6) is 1.86. The highest BCUT2D eigenvalue weighted by atomic mass is 16.5. The predicted octanol–water partition coefficient (Wildman–Crippen LogP) is 2.21. The van der Waals surface area contributed by atoms with Crippen molar-refractivity contribution < 1.29 is 14.3 Å². The normalized spacial score (nSPS) is 35.8. The molecule has 5 nitrogen and oxygen atoms in total. The predicted molar refractivity (Wildman–Crippen MR) is 97.1 cm³/mol. The molecule has 1 aromatic rings. The summed E-state index contributed by atoms with van der Waals surface area (Å²) in [5, 5.41) is 0. The largest absolute Gasteiger partial charge is 0.486 e. The van der Waals surface area contributed by atoms with Crippen LogP contribution >= 0.6 is 0 Å². The van der Waals surface area contributed by atoms with Gasteiger partial charge in [-0.1, -0.05) is 19.1 Å². The van der Waals surface area contributed by atoms with Gasteiger partial charge in [0.2, 0.25) is 5.91 Å². The van der Waals surface area contributed by atoms with E-state index in [0.717, 1.165) is 45.6 Å². The molecule has 4 atom stereocenters. The third kappa shape index (κ3) is 2.33. The lowest BCUT2D eigenvalue weighted by Gasteiger charge is -2.38. The number of ether oxygens (including phenoxy) is 1. The van der Waals surface area contributed by atoms with E-state index in [9.17, 15) is 9.59 Å². The van der Waals surface area contributed by atoms with Crippen molar-refractivity contribution in [3.8, 4) is 5.75 Å². The van der Waals surface area contributed by atoms with E-state index in [1.165, 1.54) is 0 Å². The van der Waals surface area contributed by atoms with Crippen molar-refractivity contribution in [1.82, 2.24) is 9.80 Å². The van der Waals surface area contributed by atoms with Crippen molar-refractivity contribution in [1.29, 1.82) is 0 Å². The lowest BCUT2D eigenvalue weighted by molar-refractivity contribution is -0.136. The third-order valence-electron chi connectivity index (χ3n) is 7.05. The Morgan fingerprint density at radius 1 is 1.23 bits per heavy atom. The smallest absolute Gasteiger partial charge is 0.226 e. The van der Waals surface area contributed by atoms with Crippen molar-refractivity contribution in [3.63, 3.8) is 0 Å². The minimum Gasteiger partial charge on any atom is -0.486 e. The van der Waals surface area contributed by atoms with E-state index in [4.69, 9.17) is 4.74 Å². The second kappa shape index (κ2) is 5.81. The lowest BCUT2D eigenvalue weighted by atomic mass is 9.84. The zero-order valence-corrected chi connectivity index (χ0v) is 15.3. The van der Waals surface area contributed by atoms with Gasteiger partial charge >= 0.3 is 0 Å². The Labute approximate surface area is 154 Å². The Balaban J connectivity index is 1.33. The number of fused-ring (bicyclic) bond motifs is 3. The van der Waals surface area contributed by atoms with Gasteiger partial charge in [0.1, 0.15) is 11.4 Å². The molecular weight excluding hydrogens is 328 g/mol. The Bertz CT molecular complexity index is 755. The highest BCUT2D eigenvalue weighted by Gasteiger charge is 2.71. The summed E-state index contributed by atoms with van der Waals surface area (Å²) in [6.07, 6.45) is 2.33. The number of ketones is 1. The first-order chi connectivity index (χ1) is 12.6. The number of carbonyl (C=O) groups excluding carboxylic acids is 2. The molecule has 2 aliphatic heterocycles. The van der Waals surface area contributed by atoms with Gasteiger partial charge in [-0.15, -0.1) is 0 Å². The maximum Gasteiger partial charge on any atom is 0.226 e. The number of nitrogens with zero attached hydrogens (tertiary/aromatic N) is 2. The number of Topliss-reactive ketones (excluding diaryl/α,β-unsaturated/α-hetero) is 1. The highest BCUT2D eigenvalue weighted by Crippen LogP contribution is 2.66. The van der Waals surface area contributed by atoms with Crippen molar-refractivity contribution in [2.75, 3.05) is 32.7 Å². The average molecular weight is 354 g/mol. The minimum atomic E-state index is -0.443. The zero-order chi connectivity index (χ0) is 17.9. The summed E-state index contributed by atoms with van der Waals surface area (Å²) in [7, 11) is 0. The number of benzene rings is 1. The first-order valence-electron chi connectivity index (χ1n) is 9.95. The Morgan fingerprint density at radius 2 is 2.00 bits per heavy atom. The SMILES string of the molecule is CCN1CCN(C(=O)[C@@H]2[C@@H]3CC[C@@]4(CC(=O)c5ccccc5O4)[C@@H]32)CC1. The number of amides is 1. The van der Waals surface area contributed by atoms with Crippen LogP contribution in [0.2, 0.25) is 0 Å². The molecule has 2 saturated carbocycles. The Morgan fingerprint density at radius 3 is 2.77 bits per heavy atom. The monoisotopic (exact) mass is 354 g/mol. The van der Waals surface area contributed by atoms with Gasteiger partial charge in [0, 0.05) is 38.0 Å². The fourth-order valence-electron chi connectivity index (χ4n) is 5.59. The van der Waals surface area contributed by atoms with Gasteiger partial charge in [-0.2, -0.15) is 0 Å². The van der Waals surface area contributed by atoms with Gasteiger partial charge in [0.25, 0.3) is 0 Å². The number of para-hydroxylation sites is 1. The molecule has 1 amide bonds. The molecule has 4 aliphatic rings. The van der Waals surface area contributed by atoms with Crippen LogP contribution in [0.5, 0.6) is 5.75 Å². The summed E-state index contributed by atoms with van der Waals surface area (Å²) in [5.41, 5.74) is 0.252. The van der Waals surface area contributed by atoms with Crippen LogP contribution in [0.1, 0.15) is 36.5 Å². The topological polar surface area (TPSA) is 49.9 Å². The third-order valence-corrected chi connectivity index (χ3v) is 7.05. The summed E-state index contributed by atoms with van der Waals surface area (Å²) in [4.78, 5) is 30.2. The van der Waals surface area contributed by atoms with Gasteiger partial charge in [-0.25, -0.2) is 0 Å². The second-order valence-electron chi connectivity index (χ2n) is 8.28. The Hall–Kier alpha value is -1.88. The quantitative estimate of drug-likeness (QED) is 0.817. The fourth-order valence-corrected chi connectivity index (χ4v) is 5.59. The van der Waals surface area contributed by atoms with Crippen LogP contribution in [0.3, 0.4) is 0 Å². The molecule has 0 unspecified atom stereocenters. The maximum atomic E-state index is 13.1. The fraction of sp³-hybridized carbons (Fsp3) is 0.619. The molecule has 0 bridgehead atoms. The molecule has 1 aromatic carbocycles. The van der Waals surface area contributed by atoms with Crippen LogP contribution in [-0.2, 0) is 4.79 Å².